The summed E-state index contributed by atoms with van der Waals surface area (Å²) in [7, 11) is 0. The van der Waals surface area contributed by atoms with Crippen LogP contribution in [0, 0.1) is 10.1 Å². The molecular weight excluding hydrogens is 396 g/mol. The molecule has 0 aliphatic carbocycles. The summed E-state index contributed by atoms with van der Waals surface area (Å²) in [5, 5.41) is 21.9. The molecule has 0 saturated carbocycles. The molecule has 0 fully saturated rings. The molecule has 2 rings (SSSR count). The standard InChI is InChI=1S/C23H35N4O4/c28-18-14-12-10-8-6-4-2-1-3-5-7-9-11-13-17-24-19-20-15-16-21(27(29)30)23-22(20)25-31-26-23/h15-16,24H,1-14,17,19H2. The van der Waals surface area contributed by atoms with Crippen LogP contribution in [0.3, 0.4) is 0 Å². The zero-order valence-corrected chi connectivity index (χ0v) is 18.4. The van der Waals surface area contributed by atoms with Gasteiger partial charge in [0.05, 0.1) is 4.92 Å². The number of benzene rings is 1. The lowest BCUT2D eigenvalue weighted by Crippen LogP contribution is -2.15. The second kappa shape index (κ2) is 15.5. The summed E-state index contributed by atoms with van der Waals surface area (Å²) in [5.74, 6) is 0. The third kappa shape index (κ3) is 9.55. The number of nitrogens with zero attached hydrogens (tertiary/aromatic N) is 3. The second-order valence-corrected chi connectivity index (χ2v) is 8.13. The first-order chi connectivity index (χ1) is 15.2. The number of hydrogen-bond donors (Lipinski definition) is 1. The highest BCUT2D eigenvalue weighted by atomic mass is 16.6. The van der Waals surface area contributed by atoms with Crippen molar-refractivity contribution in [3.8, 4) is 0 Å². The van der Waals surface area contributed by atoms with Crippen molar-refractivity contribution in [1.29, 1.82) is 0 Å². The van der Waals surface area contributed by atoms with Crippen LogP contribution in [0.15, 0.2) is 16.8 Å². The Bertz CT molecular complexity index is 778. The molecule has 0 unspecified atom stereocenters. The molecule has 0 atom stereocenters. The minimum Gasteiger partial charge on any atom is -0.313 e. The quantitative estimate of drug-likeness (QED) is 0.170. The lowest BCUT2D eigenvalue weighted by Gasteiger charge is -2.06. The molecule has 1 aromatic heterocycles. The summed E-state index contributed by atoms with van der Waals surface area (Å²) < 4.78 is 4.69. The van der Waals surface area contributed by atoms with Crippen molar-refractivity contribution in [3.05, 3.63) is 27.8 Å². The molecule has 1 radical (unpaired) electrons. The van der Waals surface area contributed by atoms with Gasteiger partial charge in [-0.2, -0.15) is 0 Å². The monoisotopic (exact) mass is 431 g/mol. The summed E-state index contributed by atoms with van der Waals surface area (Å²) >= 11 is 0. The molecule has 2 aromatic rings. The number of rotatable bonds is 19. The molecule has 171 valence electrons. The third-order valence-corrected chi connectivity index (χ3v) is 5.62. The van der Waals surface area contributed by atoms with Crippen LogP contribution in [-0.2, 0) is 11.3 Å². The number of fused-ring (bicyclic) bond motifs is 1. The summed E-state index contributed by atoms with van der Waals surface area (Å²) in [6.45, 7) is 1.51. The number of nitrogens with one attached hydrogen (secondary N) is 1. The molecule has 1 heterocycles. The van der Waals surface area contributed by atoms with Crippen LogP contribution in [0.25, 0.3) is 11.0 Å². The van der Waals surface area contributed by atoms with Crippen molar-refractivity contribution in [2.45, 2.75) is 96.4 Å². The number of hydrogen-bond acceptors (Lipinski definition) is 7. The van der Waals surface area contributed by atoms with Crippen molar-refractivity contribution in [2.24, 2.45) is 0 Å². The van der Waals surface area contributed by atoms with Crippen molar-refractivity contribution in [3.63, 3.8) is 0 Å². The summed E-state index contributed by atoms with van der Waals surface area (Å²) in [5.41, 5.74) is 1.45. The van der Waals surface area contributed by atoms with E-state index in [9.17, 15) is 14.9 Å². The number of nitro benzene ring substituents is 1. The lowest BCUT2D eigenvalue weighted by molar-refractivity contribution is -0.383. The van der Waals surface area contributed by atoms with E-state index in [1.54, 1.807) is 6.07 Å². The van der Waals surface area contributed by atoms with Crippen LogP contribution in [0.4, 0.5) is 5.69 Å². The summed E-state index contributed by atoms with van der Waals surface area (Å²) in [6.07, 6.45) is 18.8. The Morgan fingerprint density at radius 3 is 1.97 bits per heavy atom. The molecule has 1 N–H and O–H groups in total. The van der Waals surface area contributed by atoms with Crippen LogP contribution in [0.2, 0.25) is 0 Å². The largest absolute Gasteiger partial charge is 0.313 e. The molecular formula is C23H35N4O4. The minimum absolute atomic E-state index is 0.0787. The second-order valence-electron chi connectivity index (χ2n) is 8.13. The fourth-order valence-corrected chi connectivity index (χ4v) is 3.81. The molecule has 31 heavy (non-hydrogen) atoms. The van der Waals surface area contributed by atoms with E-state index >= 15 is 0 Å². The lowest BCUT2D eigenvalue weighted by atomic mass is 10.0. The molecule has 8 heteroatoms. The first-order valence-corrected chi connectivity index (χ1v) is 11.7. The Kier molecular flexibility index (Phi) is 12.4. The molecule has 8 nitrogen and oxygen atoms in total. The van der Waals surface area contributed by atoms with E-state index < -0.39 is 4.92 Å². The third-order valence-electron chi connectivity index (χ3n) is 5.62. The highest BCUT2D eigenvalue weighted by Gasteiger charge is 2.19. The van der Waals surface area contributed by atoms with Crippen molar-refractivity contribution >= 4 is 23.0 Å². The average molecular weight is 432 g/mol. The number of nitro groups is 1. The van der Waals surface area contributed by atoms with Crippen molar-refractivity contribution in [1.82, 2.24) is 15.6 Å². The van der Waals surface area contributed by atoms with Gasteiger partial charge in [-0.1, -0.05) is 70.6 Å². The number of unbranched alkanes of at least 4 members (excludes halogenated alkanes) is 13. The number of non-ortho nitro benzene ring substituents is 1. The van der Waals surface area contributed by atoms with Crippen molar-refractivity contribution in [2.75, 3.05) is 6.54 Å². The number of carbonyl (C=O) groups excluding carboxylic acids is 1. The molecule has 0 spiro atoms. The normalized spacial score (nSPS) is 11.2. The maximum absolute atomic E-state index is 11.0. The van der Waals surface area contributed by atoms with E-state index in [2.05, 4.69) is 20.3 Å². The molecule has 0 saturated heterocycles. The van der Waals surface area contributed by atoms with Crippen LogP contribution >= 0.6 is 0 Å². The van der Waals surface area contributed by atoms with E-state index in [4.69, 9.17) is 0 Å². The van der Waals surface area contributed by atoms with E-state index in [1.807, 2.05) is 6.29 Å². The van der Waals surface area contributed by atoms with Gasteiger partial charge >= 0.3 is 5.69 Å². The van der Waals surface area contributed by atoms with Gasteiger partial charge in [0.25, 0.3) is 0 Å². The Morgan fingerprint density at radius 1 is 0.839 bits per heavy atom. The van der Waals surface area contributed by atoms with Gasteiger partial charge < -0.3 is 5.32 Å². The first-order valence-electron chi connectivity index (χ1n) is 11.7. The maximum Gasteiger partial charge on any atom is 0.300 e. The average Bonchev–Trinajstić information content (AvgIpc) is 3.26. The fraction of sp³-hybridized carbons (Fsp3) is 0.696. The van der Waals surface area contributed by atoms with Crippen LogP contribution in [-0.4, -0.2) is 28.1 Å². The highest BCUT2D eigenvalue weighted by Crippen LogP contribution is 2.25. The van der Waals surface area contributed by atoms with Crippen molar-refractivity contribution < 1.29 is 14.3 Å². The molecule has 1 aromatic carbocycles. The Balaban J connectivity index is 1.42. The topological polar surface area (TPSA) is 111 Å². The van der Waals surface area contributed by atoms with Crippen LogP contribution < -0.4 is 5.32 Å². The SMILES string of the molecule is O=[C]CCCCCCCCCCCCCCCNCc1ccc([N+](=O)[O-])c2nonc12. The Morgan fingerprint density at radius 2 is 1.39 bits per heavy atom. The van der Waals surface area contributed by atoms with Gasteiger partial charge in [-0.05, 0) is 41.3 Å². The minimum atomic E-state index is -0.470. The van der Waals surface area contributed by atoms with Crippen LogP contribution in [0.5, 0.6) is 0 Å². The molecule has 0 bridgehead atoms. The smallest absolute Gasteiger partial charge is 0.300 e. The Hall–Kier alpha value is -2.35. The molecule has 0 aliphatic rings. The molecule has 0 aliphatic heterocycles. The van der Waals surface area contributed by atoms with Gasteiger partial charge in [0.15, 0.2) is 6.29 Å². The first kappa shape index (κ1) is 24.9. The van der Waals surface area contributed by atoms with Gasteiger partial charge in [-0.3, -0.25) is 14.9 Å². The highest BCUT2D eigenvalue weighted by molar-refractivity contribution is 5.85. The zero-order chi connectivity index (χ0) is 22.2. The van der Waals surface area contributed by atoms with E-state index in [1.165, 1.54) is 76.7 Å². The predicted octanol–water partition coefficient (Wildman–Crippen LogP) is 5.79. The van der Waals surface area contributed by atoms with Gasteiger partial charge in [-0.15, -0.1) is 0 Å². The van der Waals surface area contributed by atoms with Gasteiger partial charge in [-0.25, -0.2) is 4.63 Å². The van der Waals surface area contributed by atoms with E-state index in [-0.39, 0.29) is 11.2 Å². The van der Waals surface area contributed by atoms with Gasteiger partial charge in [0.1, 0.15) is 5.52 Å². The number of aromatic nitrogens is 2. The summed E-state index contributed by atoms with van der Waals surface area (Å²) in [6, 6.07) is 3.17. The fourth-order valence-electron chi connectivity index (χ4n) is 3.81. The maximum atomic E-state index is 11.0. The van der Waals surface area contributed by atoms with Crippen LogP contribution in [0.1, 0.15) is 95.5 Å². The van der Waals surface area contributed by atoms with E-state index in [0.29, 0.717) is 18.5 Å². The summed E-state index contributed by atoms with van der Waals surface area (Å²) in [4.78, 5) is 20.7. The zero-order valence-electron chi connectivity index (χ0n) is 18.4. The Labute approximate surface area is 184 Å². The predicted molar refractivity (Wildman–Crippen MR) is 120 cm³/mol. The van der Waals surface area contributed by atoms with Gasteiger partial charge in [0, 0.05) is 19.0 Å². The van der Waals surface area contributed by atoms with Gasteiger partial charge in [0.2, 0.25) is 5.52 Å². The molecule has 0 amide bonds. The van der Waals surface area contributed by atoms with E-state index in [0.717, 1.165) is 24.9 Å².